The molecule has 0 aliphatic heterocycles. The molecule has 6 heteroatoms. The monoisotopic (exact) mass is 353 g/mol. The van der Waals surface area contributed by atoms with E-state index in [1.54, 1.807) is 0 Å². The van der Waals surface area contributed by atoms with Crippen LogP contribution >= 0.6 is 0 Å². The van der Waals surface area contributed by atoms with Crippen molar-refractivity contribution in [3.63, 3.8) is 0 Å². The van der Waals surface area contributed by atoms with E-state index in [-0.39, 0.29) is 25.2 Å². The molecule has 0 spiro atoms. The number of nitrogens with zero attached hydrogens (tertiary/aromatic N) is 1. The molecule has 2 nitrogen and oxygen atoms in total. The molecule has 1 aliphatic rings. The van der Waals surface area contributed by atoms with Crippen molar-refractivity contribution in [3.05, 3.63) is 65.0 Å². The Morgan fingerprint density at radius 2 is 2.04 bits per heavy atom. The van der Waals surface area contributed by atoms with Crippen LogP contribution in [0.4, 0.5) is 17.6 Å². The van der Waals surface area contributed by atoms with Crippen molar-refractivity contribution < 1.29 is 23.8 Å². The molecule has 25 heavy (non-hydrogen) atoms. The average Bonchev–Trinajstić information content (AvgIpc) is 2.53. The molecule has 1 fully saturated rings. The first-order chi connectivity index (χ1) is 11.8. The molecule has 0 N–H and O–H groups in total. The lowest BCUT2D eigenvalue weighted by atomic mass is 9.67. The fraction of sp³-hybridized carbons (Fsp3) is 0.368. The van der Waals surface area contributed by atoms with Gasteiger partial charge in [-0.15, -0.1) is 0 Å². The number of ketones is 1. The van der Waals surface area contributed by atoms with E-state index in [2.05, 4.69) is 4.98 Å². The molecule has 3 rings (SSSR count). The Bertz CT molecular complexity index is 806. The van der Waals surface area contributed by atoms with Crippen LogP contribution in [0.25, 0.3) is 0 Å². The smallest absolute Gasteiger partial charge is 0.287 e. The van der Waals surface area contributed by atoms with Crippen LogP contribution in [0.5, 0.6) is 0 Å². The van der Waals surface area contributed by atoms with Crippen LogP contribution in [-0.2, 0) is 5.92 Å². The number of carbonyl (C=O) groups is 1. The molecule has 2 aromatic rings. The molecule has 0 radical (unpaired) electrons. The molecule has 0 saturated heterocycles. The van der Waals surface area contributed by atoms with Crippen molar-refractivity contribution in [3.8, 4) is 0 Å². The van der Waals surface area contributed by atoms with Crippen LogP contribution in [0.3, 0.4) is 0 Å². The zero-order valence-electron chi connectivity index (χ0n) is 13.6. The minimum atomic E-state index is -3.21. The van der Waals surface area contributed by atoms with Gasteiger partial charge in [0, 0.05) is 32.6 Å². The SMILES string of the molecule is CC(F)(F)c1ncccc1C(=O)C[C@@H]1CC[C@@H]1c1ccc(F)cc1F.[HH]. The highest BCUT2D eigenvalue weighted by Gasteiger charge is 2.37. The number of alkyl halides is 2. The number of pyridine rings is 1. The van der Waals surface area contributed by atoms with Crippen molar-refractivity contribution in [1.82, 2.24) is 4.98 Å². The highest BCUT2D eigenvalue weighted by Crippen LogP contribution is 2.46. The largest absolute Gasteiger partial charge is 0.294 e. The fourth-order valence-corrected chi connectivity index (χ4v) is 3.35. The molecule has 134 valence electrons. The quantitative estimate of drug-likeness (QED) is 0.526. The third kappa shape index (κ3) is 3.57. The van der Waals surface area contributed by atoms with Crippen LogP contribution in [0.2, 0.25) is 0 Å². The Balaban J connectivity index is 0.00000243. The minimum Gasteiger partial charge on any atom is -0.294 e. The van der Waals surface area contributed by atoms with Gasteiger partial charge < -0.3 is 0 Å². The van der Waals surface area contributed by atoms with Gasteiger partial charge in [0.1, 0.15) is 17.3 Å². The van der Waals surface area contributed by atoms with Crippen LogP contribution in [0.1, 0.15) is 55.1 Å². The predicted molar refractivity (Wildman–Crippen MR) is 86.7 cm³/mol. The second-order valence-corrected chi connectivity index (χ2v) is 6.53. The number of halogens is 4. The second kappa shape index (κ2) is 6.58. The third-order valence-corrected chi connectivity index (χ3v) is 4.75. The summed E-state index contributed by atoms with van der Waals surface area (Å²) in [6.07, 6.45) is 2.65. The Morgan fingerprint density at radius 1 is 1.28 bits per heavy atom. The van der Waals surface area contributed by atoms with Gasteiger partial charge in [-0.05, 0) is 48.4 Å². The number of rotatable bonds is 5. The first kappa shape index (κ1) is 17.6. The van der Waals surface area contributed by atoms with E-state index >= 15 is 0 Å². The molecular formula is C19H19F4NO. The van der Waals surface area contributed by atoms with Gasteiger partial charge in [0.05, 0.1) is 0 Å². The fourth-order valence-electron chi connectivity index (χ4n) is 3.35. The van der Waals surface area contributed by atoms with Crippen LogP contribution in [-0.4, -0.2) is 10.8 Å². The highest BCUT2D eigenvalue weighted by atomic mass is 19.3. The topological polar surface area (TPSA) is 30.0 Å². The van der Waals surface area contributed by atoms with Crippen molar-refractivity contribution in [2.45, 2.75) is 38.0 Å². The summed E-state index contributed by atoms with van der Waals surface area (Å²) in [7, 11) is 0. The predicted octanol–water partition coefficient (Wildman–Crippen LogP) is 5.48. The third-order valence-electron chi connectivity index (χ3n) is 4.75. The first-order valence-corrected chi connectivity index (χ1v) is 8.09. The molecule has 1 saturated carbocycles. The molecular weight excluding hydrogens is 334 g/mol. The summed E-state index contributed by atoms with van der Waals surface area (Å²) in [6.45, 7) is 0.701. The molecule has 0 bridgehead atoms. The molecule has 0 amide bonds. The first-order valence-electron chi connectivity index (χ1n) is 8.09. The summed E-state index contributed by atoms with van der Waals surface area (Å²) < 4.78 is 54.3. The van der Waals surface area contributed by atoms with E-state index in [0.29, 0.717) is 25.3 Å². The number of benzene rings is 1. The lowest BCUT2D eigenvalue weighted by Crippen LogP contribution is -2.28. The maximum atomic E-state index is 13.9. The Kier molecular flexibility index (Phi) is 4.62. The standard InChI is InChI=1S/C19H17F4NO.H2/c1-19(22,23)18-15(3-2-8-24-18)17(25)9-11-4-6-13(11)14-7-5-12(20)10-16(14)21;/h2-3,5,7-8,10-11,13H,4,6,9H2,1H3;1H/t11-,13-;/m0./s1. The van der Waals surface area contributed by atoms with Gasteiger partial charge in [0.15, 0.2) is 5.78 Å². The normalized spacial score (nSPS) is 20.2. The Labute approximate surface area is 144 Å². The van der Waals surface area contributed by atoms with Gasteiger partial charge in [0.25, 0.3) is 5.92 Å². The van der Waals surface area contributed by atoms with E-state index in [9.17, 15) is 22.4 Å². The van der Waals surface area contributed by atoms with Crippen molar-refractivity contribution in [2.75, 3.05) is 0 Å². The second-order valence-electron chi connectivity index (χ2n) is 6.53. The zero-order valence-corrected chi connectivity index (χ0v) is 13.6. The van der Waals surface area contributed by atoms with E-state index < -0.39 is 29.0 Å². The van der Waals surface area contributed by atoms with E-state index in [1.807, 2.05) is 0 Å². The molecule has 2 atom stereocenters. The Morgan fingerprint density at radius 3 is 2.64 bits per heavy atom. The number of hydrogen-bond donors (Lipinski definition) is 0. The van der Waals surface area contributed by atoms with E-state index in [4.69, 9.17) is 0 Å². The summed E-state index contributed by atoms with van der Waals surface area (Å²) in [6, 6.07) is 6.19. The number of aromatic nitrogens is 1. The highest BCUT2D eigenvalue weighted by molar-refractivity contribution is 5.97. The summed E-state index contributed by atoms with van der Waals surface area (Å²) in [4.78, 5) is 16.2. The van der Waals surface area contributed by atoms with Crippen LogP contribution in [0.15, 0.2) is 36.5 Å². The van der Waals surface area contributed by atoms with Crippen molar-refractivity contribution in [2.24, 2.45) is 5.92 Å². The van der Waals surface area contributed by atoms with Crippen molar-refractivity contribution >= 4 is 5.78 Å². The molecule has 1 aromatic heterocycles. The number of Topliss-reactive ketones (excluding diaryl/α,β-unsaturated/α-hetero) is 1. The summed E-state index contributed by atoms with van der Waals surface area (Å²) >= 11 is 0. The summed E-state index contributed by atoms with van der Waals surface area (Å²) in [5.74, 6) is -5.28. The lowest BCUT2D eigenvalue weighted by Gasteiger charge is -2.37. The van der Waals surface area contributed by atoms with E-state index in [0.717, 1.165) is 6.07 Å². The molecule has 1 aromatic carbocycles. The minimum absolute atomic E-state index is 0. The lowest BCUT2D eigenvalue weighted by molar-refractivity contribution is 0.0116. The van der Waals surface area contributed by atoms with Gasteiger partial charge in [-0.1, -0.05) is 6.07 Å². The Hall–Kier alpha value is -2.24. The van der Waals surface area contributed by atoms with Gasteiger partial charge in [-0.2, -0.15) is 8.78 Å². The maximum Gasteiger partial charge on any atom is 0.287 e. The van der Waals surface area contributed by atoms with Gasteiger partial charge in [0.2, 0.25) is 0 Å². The van der Waals surface area contributed by atoms with Gasteiger partial charge >= 0.3 is 0 Å². The van der Waals surface area contributed by atoms with Gasteiger partial charge in [-0.3, -0.25) is 9.78 Å². The summed E-state index contributed by atoms with van der Waals surface area (Å²) in [5.41, 5.74) is -0.262. The van der Waals surface area contributed by atoms with E-state index in [1.165, 1.54) is 30.5 Å². The van der Waals surface area contributed by atoms with Gasteiger partial charge in [-0.25, -0.2) is 8.78 Å². The maximum absolute atomic E-state index is 13.9. The molecule has 0 unspecified atom stereocenters. The van der Waals surface area contributed by atoms with Crippen LogP contribution < -0.4 is 0 Å². The number of hydrogen-bond acceptors (Lipinski definition) is 2. The molecule has 1 aliphatic carbocycles. The number of carbonyl (C=O) groups excluding carboxylic acids is 1. The zero-order chi connectivity index (χ0) is 18.2. The van der Waals surface area contributed by atoms with Crippen molar-refractivity contribution in [1.29, 1.82) is 0 Å². The summed E-state index contributed by atoms with van der Waals surface area (Å²) in [5, 5.41) is 0. The molecule has 1 heterocycles. The average molecular weight is 353 g/mol. The van der Waals surface area contributed by atoms with Crippen LogP contribution in [0, 0.1) is 17.6 Å².